The highest BCUT2D eigenvalue weighted by molar-refractivity contribution is 7.15. The van der Waals surface area contributed by atoms with Crippen molar-refractivity contribution in [3.8, 4) is 10.6 Å². The van der Waals surface area contributed by atoms with Crippen molar-refractivity contribution >= 4 is 11.3 Å². The van der Waals surface area contributed by atoms with E-state index in [9.17, 15) is 0 Å². The minimum absolute atomic E-state index is 1.13. The molecule has 1 N–H and O–H groups in total. The van der Waals surface area contributed by atoms with Crippen molar-refractivity contribution in [2.75, 3.05) is 0 Å². The van der Waals surface area contributed by atoms with Crippen molar-refractivity contribution in [2.45, 2.75) is 26.7 Å². The molecular weight excluding hydrogens is 190 g/mol. The van der Waals surface area contributed by atoms with Crippen molar-refractivity contribution in [2.24, 2.45) is 0 Å². The van der Waals surface area contributed by atoms with Gasteiger partial charge in [-0.05, 0) is 36.6 Å². The maximum absolute atomic E-state index is 3.46. The van der Waals surface area contributed by atoms with E-state index in [0.717, 1.165) is 12.8 Å². The summed E-state index contributed by atoms with van der Waals surface area (Å²) >= 11 is 1.95. The fraction of sp³-hybridized carbons (Fsp3) is 0.333. The van der Waals surface area contributed by atoms with E-state index in [-0.39, 0.29) is 0 Å². The summed E-state index contributed by atoms with van der Waals surface area (Å²) in [6.45, 7) is 4.36. The van der Waals surface area contributed by atoms with Gasteiger partial charge in [0.2, 0.25) is 0 Å². The molecule has 0 amide bonds. The molecule has 1 aliphatic carbocycles. The number of thiophene rings is 1. The molecule has 0 fully saturated rings. The Hall–Kier alpha value is -1.02. The molecule has 0 saturated carbocycles. The zero-order chi connectivity index (χ0) is 9.71. The van der Waals surface area contributed by atoms with Gasteiger partial charge in [0.05, 0.1) is 10.6 Å². The SMILES string of the molecule is CCc1cc2c(s1)-c1[nH]c(C)cc1C2. The monoisotopic (exact) mass is 203 g/mol. The first kappa shape index (κ1) is 8.30. The highest BCUT2D eigenvalue weighted by Crippen LogP contribution is 2.42. The van der Waals surface area contributed by atoms with Gasteiger partial charge in [0.25, 0.3) is 0 Å². The number of H-pyrrole nitrogens is 1. The molecule has 2 aromatic rings. The van der Waals surface area contributed by atoms with E-state index in [1.165, 1.54) is 32.3 Å². The number of fused-ring (bicyclic) bond motifs is 3. The van der Waals surface area contributed by atoms with Gasteiger partial charge in [0.15, 0.2) is 0 Å². The Bertz CT molecular complexity index is 490. The Morgan fingerprint density at radius 3 is 3.00 bits per heavy atom. The van der Waals surface area contributed by atoms with Gasteiger partial charge in [-0.15, -0.1) is 11.3 Å². The normalized spacial score (nSPS) is 13.0. The zero-order valence-electron chi connectivity index (χ0n) is 8.48. The predicted molar refractivity (Wildman–Crippen MR) is 61.0 cm³/mol. The van der Waals surface area contributed by atoms with E-state index < -0.39 is 0 Å². The Balaban J connectivity index is 2.18. The summed E-state index contributed by atoms with van der Waals surface area (Å²) in [7, 11) is 0. The summed E-state index contributed by atoms with van der Waals surface area (Å²) in [5.41, 5.74) is 5.66. The Morgan fingerprint density at radius 2 is 2.21 bits per heavy atom. The lowest BCUT2D eigenvalue weighted by Crippen LogP contribution is -1.76. The fourth-order valence-corrected chi connectivity index (χ4v) is 3.35. The van der Waals surface area contributed by atoms with Crippen LogP contribution in [0, 0.1) is 6.92 Å². The van der Waals surface area contributed by atoms with E-state index in [4.69, 9.17) is 0 Å². The molecule has 0 aromatic carbocycles. The molecule has 0 bridgehead atoms. The molecule has 1 nitrogen and oxygen atoms in total. The van der Waals surface area contributed by atoms with E-state index in [1.54, 1.807) is 0 Å². The summed E-state index contributed by atoms with van der Waals surface area (Å²) < 4.78 is 0. The third-order valence-electron chi connectivity index (χ3n) is 2.85. The Morgan fingerprint density at radius 1 is 1.36 bits per heavy atom. The summed E-state index contributed by atoms with van der Waals surface area (Å²) in [6.07, 6.45) is 2.29. The van der Waals surface area contributed by atoms with Crippen molar-refractivity contribution in [1.29, 1.82) is 0 Å². The molecule has 3 rings (SSSR count). The van der Waals surface area contributed by atoms with Crippen molar-refractivity contribution in [3.05, 3.63) is 33.8 Å². The van der Waals surface area contributed by atoms with Crippen LogP contribution >= 0.6 is 11.3 Å². The molecule has 2 aromatic heterocycles. The van der Waals surface area contributed by atoms with Gasteiger partial charge in [-0.25, -0.2) is 0 Å². The maximum atomic E-state index is 3.46. The van der Waals surface area contributed by atoms with Crippen molar-refractivity contribution in [1.82, 2.24) is 4.98 Å². The second-order valence-corrected chi connectivity index (χ2v) is 5.09. The van der Waals surface area contributed by atoms with Crippen LogP contribution < -0.4 is 0 Å². The summed E-state index contributed by atoms with van der Waals surface area (Å²) in [6, 6.07) is 4.64. The average molecular weight is 203 g/mol. The van der Waals surface area contributed by atoms with Crippen LogP contribution in [0.25, 0.3) is 10.6 Å². The second-order valence-electron chi connectivity index (χ2n) is 3.95. The lowest BCUT2D eigenvalue weighted by Gasteiger charge is -1.90. The first-order valence-corrected chi connectivity index (χ1v) is 5.90. The molecule has 0 atom stereocenters. The van der Waals surface area contributed by atoms with E-state index >= 15 is 0 Å². The van der Waals surface area contributed by atoms with E-state index in [1.807, 2.05) is 11.3 Å². The zero-order valence-corrected chi connectivity index (χ0v) is 9.29. The van der Waals surface area contributed by atoms with Crippen LogP contribution in [-0.4, -0.2) is 4.98 Å². The summed E-state index contributed by atoms with van der Waals surface area (Å²) in [5, 5.41) is 0. The molecule has 2 heteroatoms. The molecule has 0 saturated heterocycles. The van der Waals surface area contributed by atoms with Crippen LogP contribution in [0.3, 0.4) is 0 Å². The third-order valence-corrected chi connectivity index (χ3v) is 4.19. The number of nitrogens with one attached hydrogen (secondary N) is 1. The lowest BCUT2D eigenvalue weighted by molar-refractivity contribution is 1.17. The molecule has 2 heterocycles. The number of aromatic amines is 1. The van der Waals surface area contributed by atoms with Crippen molar-refractivity contribution < 1.29 is 0 Å². The smallest absolute Gasteiger partial charge is 0.0596 e. The van der Waals surface area contributed by atoms with Gasteiger partial charge in [0, 0.05) is 17.0 Å². The van der Waals surface area contributed by atoms with Crippen LogP contribution in [0.2, 0.25) is 0 Å². The highest BCUT2D eigenvalue weighted by Gasteiger charge is 2.22. The van der Waals surface area contributed by atoms with Crippen LogP contribution in [0.1, 0.15) is 28.6 Å². The van der Waals surface area contributed by atoms with Gasteiger partial charge in [0.1, 0.15) is 0 Å². The lowest BCUT2D eigenvalue weighted by atomic mass is 10.2. The first-order chi connectivity index (χ1) is 6.78. The number of hydrogen-bond donors (Lipinski definition) is 1. The Labute approximate surface area is 87.8 Å². The minimum Gasteiger partial charge on any atom is -0.358 e. The topological polar surface area (TPSA) is 15.8 Å². The van der Waals surface area contributed by atoms with Gasteiger partial charge >= 0.3 is 0 Å². The molecule has 0 radical (unpaired) electrons. The van der Waals surface area contributed by atoms with Crippen LogP contribution in [-0.2, 0) is 12.8 Å². The maximum Gasteiger partial charge on any atom is 0.0596 e. The first-order valence-electron chi connectivity index (χ1n) is 5.08. The van der Waals surface area contributed by atoms with Crippen LogP contribution in [0.15, 0.2) is 12.1 Å². The largest absolute Gasteiger partial charge is 0.358 e. The number of aromatic nitrogens is 1. The van der Waals surface area contributed by atoms with Crippen LogP contribution in [0.4, 0.5) is 0 Å². The average Bonchev–Trinajstić information content (AvgIpc) is 2.74. The highest BCUT2D eigenvalue weighted by atomic mass is 32.1. The van der Waals surface area contributed by atoms with Gasteiger partial charge < -0.3 is 4.98 Å². The molecule has 0 unspecified atom stereocenters. The standard InChI is InChI=1S/C12H13NS/c1-3-10-6-9-5-8-4-7(2)13-11(8)12(9)14-10/h4,6,13H,3,5H2,1-2H3. The van der Waals surface area contributed by atoms with Gasteiger partial charge in [-0.2, -0.15) is 0 Å². The van der Waals surface area contributed by atoms with E-state index in [0.29, 0.717) is 0 Å². The quantitative estimate of drug-likeness (QED) is 0.623. The second kappa shape index (κ2) is 2.74. The molecule has 14 heavy (non-hydrogen) atoms. The minimum atomic E-state index is 1.13. The molecule has 72 valence electrons. The molecule has 0 spiro atoms. The summed E-state index contributed by atoms with van der Waals surface area (Å²) in [5.74, 6) is 0. The van der Waals surface area contributed by atoms with Gasteiger partial charge in [-0.1, -0.05) is 6.92 Å². The predicted octanol–water partition coefficient (Wildman–Crippen LogP) is 3.52. The van der Waals surface area contributed by atoms with Crippen molar-refractivity contribution in [3.63, 3.8) is 0 Å². The van der Waals surface area contributed by atoms with E-state index in [2.05, 4.69) is 31.0 Å². The number of rotatable bonds is 1. The Kier molecular flexibility index (Phi) is 1.62. The molecular formula is C12H13NS. The molecule has 1 aliphatic rings. The molecule has 0 aliphatic heterocycles. The van der Waals surface area contributed by atoms with Crippen LogP contribution in [0.5, 0.6) is 0 Å². The summed E-state index contributed by atoms with van der Waals surface area (Å²) in [4.78, 5) is 6.44. The third kappa shape index (κ3) is 1.01. The fourth-order valence-electron chi connectivity index (χ4n) is 2.20. The number of aryl methyl sites for hydroxylation is 2. The number of hydrogen-bond acceptors (Lipinski definition) is 1. The van der Waals surface area contributed by atoms with Gasteiger partial charge in [-0.3, -0.25) is 0 Å².